The van der Waals surface area contributed by atoms with Crippen molar-refractivity contribution >= 4 is 27.2 Å². The Morgan fingerprint density at radius 2 is 1.88 bits per heavy atom. The standard InChI is InChI=1S/C20H28O2S2/c1-5-7-10-19(16-17(6-2)9-8-15-23-3)18-11-13-20(14-12-18)24(4,21)22/h6,8-9,11-14,16H,5,7,10,15H2,1-4H3/b9-8-,17-6+,19-16-. The molecule has 0 bridgehead atoms. The van der Waals surface area contributed by atoms with Crippen LogP contribution in [0.4, 0.5) is 0 Å². The van der Waals surface area contributed by atoms with Crippen molar-refractivity contribution in [2.45, 2.75) is 38.0 Å². The van der Waals surface area contributed by atoms with Crippen molar-refractivity contribution in [3.63, 3.8) is 0 Å². The summed E-state index contributed by atoms with van der Waals surface area (Å²) in [6.07, 6.45) is 15.2. The first-order valence-corrected chi connectivity index (χ1v) is 11.5. The molecule has 0 N–H and O–H groups in total. The first-order chi connectivity index (χ1) is 11.4. The quantitative estimate of drug-likeness (QED) is 0.540. The van der Waals surface area contributed by atoms with Crippen LogP contribution in [-0.2, 0) is 9.84 Å². The highest BCUT2D eigenvalue weighted by molar-refractivity contribution is 7.98. The molecular formula is C20H28O2S2. The molecule has 0 aliphatic heterocycles. The highest BCUT2D eigenvalue weighted by Crippen LogP contribution is 2.24. The van der Waals surface area contributed by atoms with Crippen LogP contribution >= 0.6 is 11.8 Å². The third-order valence-corrected chi connectivity index (χ3v) is 5.35. The van der Waals surface area contributed by atoms with Crippen LogP contribution in [0.1, 0.15) is 38.7 Å². The van der Waals surface area contributed by atoms with Crippen LogP contribution in [0.25, 0.3) is 5.57 Å². The fraction of sp³-hybridized carbons (Fsp3) is 0.400. The van der Waals surface area contributed by atoms with Gasteiger partial charge in [0.25, 0.3) is 0 Å². The topological polar surface area (TPSA) is 34.1 Å². The molecule has 2 nitrogen and oxygen atoms in total. The number of hydrogen-bond donors (Lipinski definition) is 0. The minimum absolute atomic E-state index is 0.368. The number of hydrogen-bond acceptors (Lipinski definition) is 3. The summed E-state index contributed by atoms with van der Waals surface area (Å²) in [7, 11) is -3.15. The lowest BCUT2D eigenvalue weighted by atomic mass is 9.97. The van der Waals surface area contributed by atoms with Crippen molar-refractivity contribution in [2.75, 3.05) is 18.3 Å². The Bertz CT molecular complexity index is 694. The summed E-state index contributed by atoms with van der Waals surface area (Å²) in [4.78, 5) is 0.368. The number of unbranched alkanes of at least 4 members (excludes halogenated alkanes) is 1. The van der Waals surface area contributed by atoms with Gasteiger partial charge in [0.05, 0.1) is 4.90 Å². The van der Waals surface area contributed by atoms with Gasteiger partial charge in [-0.25, -0.2) is 8.42 Å². The fourth-order valence-electron chi connectivity index (χ4n) is 2.29. The minimum Gasteiger partial charge on any atom is -0.224 e. The SMILES string of the molecule is C/C=C(\C=C/CSC)/C=C(/CCCC)c1ccc(S(C)(=O)=O)cc1. The Balaban J connectivity index is 3.14. The van der Waals surface area contributed by atoms with Crippen LogP contribution < -0.4 is 0 Å². The Morgan fingerprint density at radius 1 is 1.21 bits per heavy atom. The van der Waals surface area contributed by atoms with E-state index in [0.717, 1.165) is 30.6 Å². The first kappa shape index (κ1) is 20.8. The van der Waals surface area contributed by atoms with Gasteiger partial charge in [0.1, 0.15) is 0 Å². The van der Waals surface area contributed by atoms with Crippen molar-refractivity contribution < 1.29 is 8.42 Å². The lowest BCUT2D eigenvalue weighted by Crippen LogP contribution is -1.97. The second-order valence-electron chi connectivity index (χ2n) is 5.72. The van der Waals surface area contributed by atoms with Crippen LogP contribution in [-0.4, -0.2) is 26.7 Å². The second-order valence-corrected chi connectivity index (χ2v) is 8.64. The van der Waals surface area contributed by atoms with E-state index in [4.69, 9.17) is 0 Å². The Kier molecular flexibility index (Phi) is 9.16. The number of rotatable bonds is 9. The van der Waals surface area contributed by atoms with Gasteiger partial charge >= 0.3 is 0 Å². The van der Waals surface area contributed by atoms with Gasteiger partial charge in [0.2, 0.25) is 0 Å². The van der Waals surface area contributed by atoms with E-state index in [0.29, 0.717) is 4.90 Å². The van der Waals surface area contributed by atoms with E-state index < -0.39 is 9.84 Å². The van der Waals surface area contributed by atoms with E-state index in [1.807, 2.05) is 19.1 Å². The maximum atomic E-state index is 11.6. The molecule has 4 heteroatoms. The summed E-state index contributed by atoms with van der Waals surface area (Å²) in [6, 6.07) is 7.22. The molecule has 0 radical (unpaired) electrons. The van der Waals surface area contributed by atoms with Crippen LogP contribution in [0.3, 0.4) is 0 Å². The van der Waals surface area contributed by atoms with Crippen molar-refractivity contribution in [1.82, 2.24) is 0 Å². The van der Waals surface area contributed by atoms with E-state index in [-0.39, 0.29) is 0 Å². The monoisotopic (exact) mass is 364 g/mol. The van der Waals surface area contributed by atoms with Gasteiger partial charge in [-0.2, -0.15) is 11.8 Å². The first-order valence-electron chi connectivity index (χ1n) is 8.25. The summed E-state index contributed by atoms with van der Waals surface area (Å²) in [6.45, 7) is 4.22. The lowest BCUT2D eigenvalue weighted by molar-refractivity contribution is 0.602. The molecular weight excluding hydrogens is 336 g/mol. The number of thioether (sulfide) groups is 1. The molecule has 0 aliphatic carbocycles. The van der Waals surface area contributed by atoms with Gasteiger partial charge in [0, 0.05) is 12.0 Å². The minimum atomic E-state index is -3.15. The molecule has 0 unspecified atom stereocenters. The van der Waals surface area contributed by atoms with Gasteiger partial charge in [-0.05, 0) is 54.9 Å². The summed E-state index contributed by atoms with van der Waals surface area (Å²) < 4.78 is 23.2. The number of allylic oxidation sites excluding steroid dienone is 5. The molecule has 0 aliphatic rings. The van der Waals surface area contributed by atoms with Gasteiger partial charge in [0.15, 0.2) is 9.84 Å². The smallest absolute Gasteiger partial charge is 0.175 e. The molecule has 1 aromatic rings. The fourth-order valence-corrected chi connectivity index (χ4v) is 3.21. The molecule has 1 aromatic carbocycles. The molecule has 0 heterocycles. The van der Waals surface area contributed by atoms with Crippen molar-refractivity contribution in [2.24, 2.45) is 0 Å². The molecule has 0 spiro atoms. The van der Waals surface area contributed by atoms with Crippen LogP contribution in [0.5, 0.6) is 0 Å². The van der Waals surface area contributed by atoms with E-state index in [1.165, 1.54) is 17.4 Å². The summed E-state index contributed by atoms with van der Waals surface area (Å²) in [5.41, 5.74) is 3.52. The highest BCUT2D eigenvalue weighted by atomic mass is 32.2. The van der Waals surface area contributed by atoms with Gasteiger partial charge in [-0.3, -0.25) is 0 Å². The summed E-state index contributed by atoms with van der Waals surface area (Å²) in [5, 5.41) is 0. The maximum absolute atomic E-state index is 11.6. The number of benzene rings is 1. The Labute approximate surface area is 151 Å². The van der Waals surface area contributed by atoms with Gasteiger partial charge in [-0.1, -0.05) is 49.8 Å². The van der Waals surface area contributed by atoms with E-state index >= 15 is 0 Å². The third-order valence-electron chi connectivity index (χ3n) is 3.70. The van der Waals surface area contributed by atoms with Crippen LogP contribution in [0.15, 0.2) is 59.0 Å². The van der Waals surface area contributed by atoms with Gasteiger partial charge in [-0.15, -0.1) is 0 Å². The molecule has 0 amide bonds. The van der Waals surface area contributed by atoms with Crippen LogP contribution in [0.2, 0.25) is 0 Å². The molecule has 0 saturated carbocycles. The Hall–Kier alpha value is -1.26. The van der Waals surface area contributed by atoms with E-state index in [2.05, 4.69) is 37.5 Å². The Morgan fingerprint density at radius 3 is 2.38 bits per heavy atom. The molecule has 0 aromatic heterocycles. The average Bonchev–Trinajstić information content (AvgIpc) is 2.56. The van der Waals surface area contributed by atoms with Crippen molar-refractivity contribution in [1.29, 1.82) is 0 Å². The van der Waals surface area contributed by atoms with E-state index in [9.17, 15) is 8.42 Å². The zero-order chi connectivity index (χ0) is 18.0. The predicted octanol–water partition coefficient (Wildman–Crippen LogP) is 5.53. The zero-order valence-electron chi connectivity index (χ0n) is 15.1. The van der Waals surface area contributed by atoms with E-state index in [1.54, 1.807) is 23.9 Å². The molecule has 24 heavy (non-hydrogen) atoms. The summed E-state index contributed by atoms with van der Waals surface area (Å²) >= 11 is 1.80. The van der Waals surface area contributed by atoms with Crippen molar-refractivity contribution in [3.05, 3.63) is 59.7 Å². The average molecular weight is 365 g/mol. The largest absolute Gasteiger partial charge is 0.224 e. The molecule has 0 atom stereocenters. The molecule has 1 rings (SSSR count). The second kappa shape index (κ2) is 10.6. The van der Waals surface area contributed by atoms with Crippen LogP contribution in [0, 0.1) is 0 Å². The predicted molar refractivity (Wildman–Crippen MR) is 108 cm³/mol. The highest BCUT2D eigenvalue weighted by Gasteiger charge is 2.08. The third kappa shape index (κ3) is 7.10. The molecule has 0 fully saturated rings. The normalized spacial score (nSPS) is 13.7. The van der Waals surface area contributed by atoms with Gasteiger partial charge < -0.3 is 0 Å². The zero-order valence-corrected chi connectivity index (χ0v) is 16.7. The molecule has 132 valence electrons. The maximum Gasteiger partial charge on any atom is 0.175 e. The summed E-state index contributed by atoms with van der Waals surface area (Å²) in [5.74, 6) is 0.999. The van der Waals surface area contributed by atoms with Crippen molar-refractivity contribution in [3.8, 4) is 0 Å². The number of sulfone groups is 1. The molecule has 0 saturated heterocycles. The lowest BCUT2D eigenvalue weighted by Gasteiger charge is -2.09.